The number of nitrogens with one attached hydrogen (secondary N) is 1. The van der Waals surface area contributed by atoms with Gasteiger partial charge in [-0.15, -0.1) is 0 Å². The second-order valence-electron chi connectivity index (χ2n) is 4.99. The zero-order chi connectivity index (χ0) is 15.6. The summed E-state index contributed by atoms with van der Waals surface area (Å²) in [6.07, 6.45) is 4.62. The Labute approximate surface area is 128 Å². The summed E-state index contributed by atoms with van der Waals surface area (Å²) in [7, 11) is -3.91. The SMILES string of the molecule is CSC1CCCC1NS(=O)(=O)c1cc(N)ccc1C(=O)O. The molecule has 1 aromatic carbocycles. The summed E-state index contributed by atoms with van der Waals surface area (Å²) < 4.78 is 27.6. The quantitative estimate of drug-likeness (QED) is 0.706. The molecule has 0 aromatic heterocycles. The molecule has 1 aromatic rings. The van der Waals surface area contributed by atoms with E-state index in [0.29, 0.717) is 0 Å². The molecule has 1 aliphatic rings. The van der Waals surface area contributed by atoms with Gasteiger partial charge < -0.3 is 10.8 Å². The van der Waals surface area contributed by atoms with E-state index in [-0.39, 0.29) is 27.4 Å². The number of benzene rings is 1. The summed E-state index contributed by atoms with van der Waals surface area (Å²) >= 11 is 1.62. The third kappa shape index (κ3) is 3.50. The lowest BCUT2D eigenvalue weighted by Gasteiger charge is -2.20. The standard InChI is InChI=1S/C13H18N2O4S2/c1-20-11-4-2-3-10(11)15-21(18,19)12-7-8(14)5-6-9(12)13(16)17/h5-7,10-11,15H,2-4,14H2,1H3,(H,16,17). The van der Waals surface area contributed by atoms with Crippen LogP contribution in [-0.2, 0) is 10.0 Å². The number of nitrogen functional groups attached to an aromatic ring is 1. The van der Waals surface area contributed by atoms with Crippen molar-refractivity contribution < 1.29 is 18.3 Å². The minimum Gasteiger partial charge on any atom is -0.478 e. The number of rotatable bonds is 5. The van der Waals surface area contributed by atoms with Gasteiger partial charge in [-0.2, -0.15) is 11.8 Å². The van der Waals surface area contributed by atoms with E-state index in [1.54, 1.807) is 11.8 Å². The van der Waals surface area contributed by atoms with Gasteiger partial charge in [-0.25, -0.2) is 17.9 Å². The summed E-state index contributed by atoms with van der Waals surface area (Å²) in [5, 5.41) is 9.36. The molecule has 2 rings (SSSR count). The Morgan fingerprint density at radius 1 is 1.43 bits per heavy atom. The molecule has 0 saturated heterocycles. The van der Waals surface area contributed by atoms with Crippen molar-refractivity contribution in [3.63, 3.8) is 0 Å². The molecule has 0 bridgehead atoms. The van der Waals surface area contributed by atoms with Crippen molar-refractivity contribution in [3.8, 4) is 0 Å². The zero-order valence-corrected chi connectivity index (χ0v) is 13.2. The Hall–Kier alpha value is -1.25. The second kappa shape index (κ2) is 6.25. The number of carbonyl (C=O) groups is 1. The minimum absolute atomic E-state index is 0.173. The predicted octanol–water partition coefficient (Wildman–Crippen LogP) is 1.53. The van der Waals surface area contributed by atoms with E-state index in [0.717, 1.165) is 19.3 Å². The van der Waals surface area contributed by atoms with Crippen LogP contribution in [0.25, 0.3) is 0 Å². The number of sulfonamides is 1. The van der Waals surface area contributed by atoms with Crippen LogP contribution in [0.2, 0.25) is 0 Å². The predicted molar refractivity (Wildman–Crippen MR) is 83.1 cm³/mol. The van der Waals surface area contributed by atoms with E-state index in [4.69, 9.17) is 10.8 Å². The molecule has 0 spiro atoms. The lowest BCUT2D eigenvalue weighted by atomic mass is 10.2. The van der Waals surface area contributed by atoms with Gasteiger partial charge >= 0.3 is 5.97 Å². The number of carboxylic acids is 1. The normalized spacial score (nSPS) is 22.3. The maximum atomic E-state index is 12.5. The lowest BCUT2D eigenvalue weighted by Crippen LogP contribution is -2.39. The van der Waals surface area contributed by atoms with E-state index in [1.165, 1.54) is 18.2 Å². The first-order valence-corrected chi connectivity index (χ1v) is 9.30. The molecule has 4 N–H and O–H groups in total. The topological polar surface area (TPSA) is 109 Å². The van der Waals surface area contributed by atoms with Crippen LogP contribution in [0.4, 0.5) is 5.69 Å². The van der Waals surface area contributed by atoms with Gasteiger partial charge in [0.25, 0.3) is 0 Å². The minimum atomic E-state index is -3.91. The van der Waals surface area contributed by atoms with E-state index in [9.17, 15) is 13.2 Å². The maximum absolute atomic E-state index is 12.5. The molecule has 2 atom stereocenters. The Morgan fingerprint density at radius 2 is 2.14 bits per heavy atom. The zero-order valence-electron chi connectivity index (χ0n) is 11.6. The molecule has 0 aliphatic heterocycles. The Balaban J connectivity index is 2.35. The summed E-state index contributed by atoms with van der Waals surface area (Å²) in [5.74, 6) is -1.29. The highest BCUT2D eigenvalue weighted by atomic mass is 32.2. The van der Waals surface area contributed by atoms with Crippen LogP contribution in [0.3, 0.4) is 0 Å². The molecule has 21 heavy (non-hydrogen) atoms. The van der Waals surface area contributed by atoms with Crippen LogP contribution >= 0.6 is 11.8 Å². The van der Waals surface area contributed by atoms with Crippen LogP contribution in [0.5, 0.6) is 0 Å². The fraction of sp³-hybridized carbons (Fsp3) is 0.462. The second-order valence-corrected chi connectivity index (χ2v) is 7.75. The molecule has 1 saturated carbocycles. The molecule has 1 aliphatic carbocycles. The molecular weight excluding hydrogens is 312 g/mol. The molecule has 6 nitrogen and oxygen atoms in total. The first kappa shape index (κ1) is 16.1. The lowest BCUT2D eigenvalue weighted by molar-refractivity contribution is 0.0692. The van der Waals surface area contributed by atoms with Crippen LogP contribution in [0.15, 0.2) is 23.1 Å². The van der Waals surface area contributed by atoms with E-state index in [2.05, 4.69) is 4.72 Å². The smallest absolute Gasteiger partial charge is 0.337 e. The summed E-state index contributed by atoms with van der Waals surface area (Å²) in [4.78, 5) is 10.9. The van der Waals surface area contributed by atoms with Crippen LogP contribution in [0.1, 0.15) is 29.6 Å². The molecule has 1 fully saturated rings. The summed E-state index contributed by atoms with van der Waals surface area (Å²) in [5.41, 5.74) is 5.54. The molecule has 0 amide bonds. The number of hydrogen-bond acceptors (Lipinski definition) is 5. The van der Waals surface area contributed by atoms with Crippen molar-refractivity contribution in [1.29, 1.82) is 0 Å². The number of anilines is 1. The van der Waals surface area contributed by atoms with Gasteiger partial charge in [0.05, 0.1) is 10.5 Å². The molecule has 116 valence electrons. The largest absolute Gasteiger partial charge is 0.478 e. The third-order valence-electron chi connectivity index (χ3n) is 3.59. The van der Waals surface area contributed by atoms with Gasteiger partial charge in [-0.3, -0.25) is 0 Å². The van der Waals surface area contributed by atoms with Crippen LogP contribution in [0, 0.1) is 0 Å². The highest BCUT2D eigenvalue weighted by molar-refractivity contribution is 7.99. The highest BCUT2D eigenvalue weighted by Crippen LogP contribution is 2.30. The van der Waals surface area contributed by atoms with Crippen molar-refractivity contribution in [2.24, 2.45) is 0 Å². The average Bonchev–Trinajstić information content (AvgIpc) is 2.84. The molecule has 0 heterocycles. The molecule has 8 heteroatoms. The number of aromatic carboxylic acids is 1. The molecular formula is C13H18N2O4S2. The van der Waals surface area contributed by atoms with Crippen molar-refractivity contribution in [1.82, 2.24) is 4.72 Å². The van der Waals surface area contributed by atoms with Gasteiger partial charge in [-0.05, 0) is 37.3 Å². The van der Waals surface area contributed by atoms with Gasteiger partial charge in [0.2, 0.25) is 10.0 Å². The van der Waals surface area contributed by atoms with Gasteiger partial charge in [0, 0.05) is 17.0 Å². The van der Waals surface area contributed by atoms with Crippen LogP contribution in [-0.4, -0.2) is 37.0 Å². The van der Waals surface area contributed by atoms with Crippen LogP contribution < -0.4 is 10.5 Å². The van der Waals surface area contributed by atoms with Gasteiger partial charge in [0.1, 0.15) is 0 Å². The van der Waals surface area contributed by atoms with Gasteiger partial charge in [0.15, 0.2) is 0 Å². The van der Waals surface area contributed by atoms with Crippen molar-refractivity contribution in [2.75, 3.05) is 12.0 Å². The van der Waals surface area contributed by atoms with E-state index < -0.39 is 16.0 Å². The average molecular weight is 330 g/mol. The van der Waals surface area contributed by atoms with Crippen molar-refractivity contribution in [3.05, 3.63) is 23.8 Å². The van der Waals surface area contributed by atoms with Crippen molar-refractivity contribution >= 4 is 33.4 Å². The Morgan fingerprint density at radius 3 is 2.76 bits per heavy atom. The highest BCUT2D eigenvalue weighted by Gasteiger charge is 2.32. The number of hydrogen-bond donors (Lipinski definition) is 3. The summed E-state index contributed by atoms with van der Waals surface area (Å²) in [6.45, 7) is 0. The number of carboxylic acid groups (broad SMARTS) is 1. The van der Waals surface area contributed by atoms with Gasteiger partial charge in [-0.1, -0.05) is 6.42 Å². The van der Waals surface area contributed by atoms with E-state index >= 15 is 0 Å². The monoisotopic (exact) mass is 330 g/mol. The fourth-order valence-corrected chi connectivity index (χ4v) is 5.11. The Kier molecular flexibility index (Phi) is 4.80. The first-order chi connectivity index (χ1) is 9.85. The number of nitrogens with two attached hydrogens (primary N) is 1. The molecule has 0 radical (unpaired) electrons. The third-order valence-corrected chi connectivity index (χ3v) is 6.29. The first-order valence-electron chi connectivity index (χ1n) is 6.53. The molecule has 2 unspecified atom stereocenters. The maximum Gasteiger partial charge on any atom is 0.337 e. The van der Waals surface area contributed by atoms with E-state index in [1.807, 2.05) is 6.26 Å². The Bertz CT molecular complexity index is 646. The summed E-state index contributed by atoms with van der Waals surface area (Å²) in [6, 6.07) is 3.61. The fourth-order valence-electron chi connectivity index (χ4n) is 2.54. The van der Waals surface area contributed by atoms with Crippen molar-refractivity contribution in [2.45, 2.75) is 35.4 Å². The number of thioether (sulfide) groups is 1.